The lowest BCUT2D eigenvalue weighted by Crippen LogP contribution is -2.26. The van der Waals surface area contributed by atoms with Crippen LogP contribution < -0.4 is 0 Å². The molecule has 1 aromatic rings. The molecule has 0 amide bonds. The zero-order valence-corrected chi connectivity index (χ0v) is 13.0. The molecule has 0 aliphatic carbocycles. The van der Waals surface area contributed by atoms with Crippen LogP contribution >= 0.6 is 23.2 Å². The van der Waals surface area contributed by atoms with Crippen molar-refractivity contribution in [3.05, 3.63) is 33.8 Å². The van der Waals surface area contributed by atoms with E-state index < -0.39 is 21.4 Å². The van der Waals surface area contributed by atoms with Gasteiger partial charge in [-0.1, -0.05) is 23.2 Å². The minimum absolute atomic E-state index is 0.111. The molecule has 4 nitrogen and oxygen atoms in total. The number of hydrogen-bond donors (Lipinski definition) is 0. The van der Waals surface area contributed by atoms with Gasteiger partial charge in [0, 0.05) is 12.2 Å². The van der Waals surface area contributed by atoms with Crippen molar-refractivity contribution in [3.63, 3.8) is 0 Å². The quantitative estimate of drug-likeness (QED) is 0.775. The average molecular weight is 337 g/mol. The van der Waals surface area contributed by atoms with Crippen molar-refractivity contribution < 1.29 is 17.9 Å². The molecular weight excluding hydrogens is 323 g/mol. The van der Waals surface area contributed by atoms with Gasteiger partial charge in [-0.2, -0.15) is 0 Å². The van der Waals surface area contributed by atoms with Gasteiger partial charge in [0.2, 0.25) is 0 Å². The van der Waals surface area contributed by atoms with Gasteiger partial charge in [0.15, 0.2) is 15.6 Å². The third kappa shape index (κ3) is 4.19. The summed E-state index contributed by atoms with van der Waals surface area (Å²) in [6, 6.07) is 4.33. The number of carbonyl (C=O) groups is 1. The summed E-state index contributed by atoms with van der Waals surface area (Å²) >= 11 is 11.6. The van der Waals surface area contributed by atoms with Gasteiger partial charge in [0.25, 0.3) is 0 Å². The SMILES string of the molecule is O=C(CS(=O)(=O)CC1CCCO1)c1ccc(Cl)c(Cl)c1. The molecular formula is C13H14Cl2O4S. The van der Waals surface area contributed by atoms with E-state index in [0.717, 1.165) is 12.8 Å². The molecule has 1 atom stereocenters. The van der Waals surface area contributed by atoms with E-state index in [-0.39, 0.29) is 22.4 Å². The lowest BCUT2D eigenvalue weighted by molar-refractivity contribution is 0.102. The summed E-state index contributed by atoms with van der Waals surface area (Å²) < 4.78 is 29.2. The van der Waals surface area contributed by atoms with Crippen molar-refractivity contribution in [1.29, 1.82) is 0 Å². The number of ether oxygens (including phenoxy) is 1. The second-order valence-electron chi connectivity index (χ2n) is 4.74. The largest absolute Gasteiger partial charge is 0.377 e. The normalized spacial score (nSPS) is 19.2. The molecule has 0 aromatic heterocycles. The molecule has 7 heteroatoms. The van der Waals surface area contributed by atoms with Crippen molar-refractivity contribution in [2.45, 2.75) is 18.9 Å². The number of ketones is 1. The molecule has 1 aliphatic rings. The maximum absolute atomic E-state index is 12.0. The van der Waals surface area contributed by atoms with Gasteiger partial charge in [-0.25, -0.2) is 8.42 Å². The van der Waals surface area contributed by atoms with Crippen molar-refractivity contribution in [2.24, 2.45) is 0 Å². The Morgan fingerprint density at radius 2 is 2.05 bits per heavy atom. The van der Waals surface area contributed by atoms with E-state index >= 15 is 0 Å². The van der Waals surface area contributed by atoms with E-state index in [1.807, 2.05) is 0 Å². The Morgan fingerprint density at radius 1 is 1.30 bits per heavy atom. The first-order valence-corrected chi connectivity index (χ1v) is 8.75. The van der Waals surface area contributed by atoms with Crippen LogP contribution in [0.25, 0.3) is 0 Å². The van der Waals surface area contributed by atoms with E-state index in [2.05, 4.69) is 0 Å². The first-order chi connectivity index (χ1) is 9.37. The molecule has 0 bridgehead atoms. The number of benzene rings is 1. The highest BCUT2D eigenvalue weighted by molar-refractivity contribution is 7.92. The molecule has 1 aliphatic heterocycles. The summed E-state index contributed by atoms with van der Waals surface area (Å²) in [5.41, 5.74) is 0.246. The zero-order chi connectivity index (χ0) is 14.8. The number of carbonyl (C=O) groups excluding carboxylic acids is 1. The van der Waals surface area contributed by atoms with E-state index in [4.69, 9.17) is 27.9 Å². The number of sulfone groups is 1. The smallest absolute Gasteiger partial charge is 0.177 e. The van der Waals surface area contributed by atoms with Crippen molar-refractivity contribution in [1.82, 2.24) is 0 Å². The Labute approximate surface area is 127 Å². The standard InChI is InChI=1S/C13H14Cl2O4S/c14-11-4-3-9(6-12(11)15)13(16)8-20(17,18)7-10-2-1-5-19-10/h3-4,6,10H,1-2,5,7-8H2. The maximum atomic E-state index is 12.0. The minimum Gasteiger partial charge on any atom is -0.377 e. The molecule has 0 saturated carbocycles. The van der Waals surface area contributed by atoms with Crippen LogP contribution in [0.5, 0.6) is 0 Å². The first kappa shape index (κ1) is 15.8. The highest BCUT2D eigenvalue weighted by Gasteiger charge is 2.26. The highest BCUT2D eigenvalue weighted by atomic mass is 35.5. The average Bonchev–Trinajstić information content (AvgIpc) is 2.83. The molecule has 1 heterocycles. The van der Waals surface area contributed by atoms with Crippen LogP contribution in [0.4, 0.5) is 0 Å². The molecule has 1 unspecified atom stereocenters. The lowest BCUT2D eigenvalue weighted by atomic mass is 10.1. The monoisotopic (exact) mass is 336 g/mol. The fraction of sp³-hybridized carbons (Fsp3) is 0.462. The van der Waals surface area contributed by atoms with Gasteiger partial charge in [-0.3, -0.25) is 4.79 Å². The van der Waals surface area contributed by atoms with Crippen LogP contribution in [0.3, 0.4) is 0 Å². The Bertz CT molecular complexity index is 607. The summed E-state index contributed by atoms with van der Waals surface area (Å²) in [6.45, 7) is 0.584. The molecule has 1 saturated heterocycles. The zero-order valence-electron chi connectivity index (χ0n) is 10.6. The minimum atomic E-state index is -3.49. The fourth-order valence-corrected chi connectivity index (χ4v) is 3.88. The summed E-state index contributed by atoms with van der Waals surface area (Å²) in [5, 5.41) is 0.555. The molecule has 0 spiro atoms. The van der Waals surface area contributed by atoms with Crippen molar-refractivity contribution in [2.75, 3.05) is 18.1 Å². The second kappa shape index (κ2) is 6.43. The molecule has 0 N–H and O–H groups in total. The Morgan fingerprint density at radius 3 is 2.65 bits per heavy atom. The summed E-state index contributed by atoms with van der Waals surface area (Å²) in [7, 11) is -3.49. The second-order valence-corrected chi connectivity index (χ2v) is 7.67. The Balaban J connectivity index is 2.04. The summed E-state index contributed by atoms with van der Waals surface area (Å²) in [4.78, 5) is 12.0. The van der Waals surface area contributed by atoms with Crippen LogP contribution in [-0.2, 0) is 14.6 Å². The number of Topliss-reactive ketones (excluding diaryl/α,β-unsaturated/α-hetero) is 1. The van der Waals surface area contributed by atoms with Crippen LogP contribution in [0.1, 0.15) is 23.2 Å². The number of hydrogen-bond acceptors (Lipinski definition) is 4. The van der Waals surface area contributed by atoms with Gasteiger partial charge in [0.1, 0.15) is 5.75 Å². The summed E-state index contributed by atoms with van der Waals surface area (Å²) in [5.74, 6) is -1.13. The van der Waals surface area contributed by atoms with Gasteiger partial charge in [-0.15, -0.1) is 0 Å². The fourth-order valence-electron chi connectivity index (χ4n) is 2.07. The molecule has 110 valence electrons. The maximum Gasteiger partial charge on any atom is 0.177 e. The summed E-state index contributed by atoms with van der Waals surface area (Å²) in [6.07, 6.45) is 1.29. The van der Waals surface area contributed by atoms with Gasteiger partial charge < -0.3 is 4.74 Å². The van der Waals surface area contributed by atoms with Crippen LogP contribution in [-0.4, -0.2) is 38.4 Å². The topological polar surface area (TPSA) is 60.4 Å². The third-order valence-electron chi connectivity index (χ3n) is 3.06. The molecule has 1 aromatic carbocycles. The molecule has 0 radical (unpaired) electrons. The van der Waals surface area contributed by atoms with Gasteiger partial charge >= 0.3 is 0 Å². The van der Waals surface area contributed by atoms with Crippen LogP contribution in [0.15, 0.2) is 18.2 Å². The lowest BCUT2D eigenvalue weighted by Gasteiger charge is -2.09. The van der Waals surface area contributed by atoms with Crippen molar-refractivity contribution in [3.8, 4) is 0 Å². The van der Waals surface area contributed by atoms with Crippen LogP contribution in [0.2, 0.25) is 10.0 Å². The Hall–Kier alpha value is -0.620. The predicted octanol–water partition coefficient (Wildman–Crippen LogP) is 2.77. The van der Waals surface area contributed by atoms with E-state index in [9.17, 15) is 13.2 Å². The van der Waals surface area contributed by atoms with Crippen LogP contribution in [0, 0.1) is 0 Å². The molecule has 20 heavy (non-hydrogen) atoms. The van der Waals surface area contributed by atoms with E-state index in [1.54, 1.807) is 0 Å². The van der Waals surface area contributed by atoms with Crippen molar-refractivity contribution >= 4 is 38.8 Å². The predicted molar refractivity (Wildman–Crippen MR) is 78.4 cm³/mol. The Kier molecular flexibility index (Phi) is 5.07. The van der Waals surface area contributed by atoms with E-state index in [0.29, 0.717) is 11.6 Å². The van der Waals surface area contributed by atoms with E-state index in [1.165, 1.54) is 18.2 Å². The molecule has 1 fully saturated rings. The number of halogens is 2. The third-order valence-corrected chi connectivity index (χ3v) is 5.38. The van der Waals surface area contributed by atoms with Gasteiger partial charge in [0.05, 0.1) is 21.9 Å². The highest BCUT2D eigenvalue weighted by Crippen LogP contribution is 2.23. The molecule has 2 rings (SSSR count). The first-order valence-electron chi connectivity index (χ1n) is 6.18. The number of rotatable bonds is 5. The van der Waals surface area contributed by atoms with Gasteiger partial charge in [-0.05, 0) is 31.0 Å².